The molecular weight excluding hydrogens is 244 g/mol. The van der Waals surface area contributed by atoms with Crippen molar-refractivity contribution in [1.29, 1.82) is 0 Å². The molecule has 0 bridgehead atoms. The first kappa shape index (κ1) is 17.8. The summed E-state index contributed by atoms with van der Waals surface area (Å²) in [6.45, 7) is 9.38. The van der Waals surface area contributed by atoms with Gasteiger partial charge in [0.2, 0.25) is 0 Å². The van der Waals surface area contributed by atoms with Crippen LogP contribution in [-0.4, -0.2) is 11.2 Å². The minimum Gasteiger partial charge on any atom is -0.389 e. The highest BCUT2D eigenvalue weighted by Gasteiger charge is 2.34. The molecule has 1 fully saturated rings. The first-order valence-electron chi connectivity index (χ1n) is 8.83. The summed E-state index contributed by atoms with van der Waals surface area (Å²) in [6.07, 6.45) is 15.5. The van der Waals surface area contributed by atoms with Crippen LogP contribution in [0.5, 0.6) is 0 Å². The highest BCUT2D eigenvalue weighted by molar-refractivity contribution is 5.02. The van der Waals surface area contributed by atoms with E-state index < -0.39 is 0 Å². The molecule has 3 unspecified atom stereocenters. The Bertz CT molecular complexity index is 279. The third kappa shape index (κ3) is 5.99. The minimum absolute atomic E-state index is 0.235. The molecule has 1 aliphatic carbocycles. The van der Waals surface area contributed by atoms with E-state index in [0.29, 0.717) is 11.3 Å². The minimum atomic E-state index is -0.235. The lowest BCUT2D eigenvalue weighted by atomic mass is 9.64. The number of unbranched alkanes of at least 4 members (excludes halogenated alkanes) is 4. The second-order valence-electron chi connectivity index (χ2n) is 7.54. The predicted octanol–water partition coefficient (Wildman–Crippen LogP) is 5.73. The van der Waals surface area contributed by atoms with E-state index in [2.05, 4.69) is 39.8 Å². The number of hydrogen-bond acceptors (Lipinski definition) is 1. The van der Waals surface area contributed by atoms with Crippen molar-refractivity contribution in [2.75, 3.05) is 0 Å². The lowest BCUT2D eigenvalue weighted by Gasteiger charge is -2.41. The molecular formula is C19H36O. The average Bonchev–Trinajstić information content (AvgIpc) is 2.37. The molecule has 1 N–H and O–H groups in total. The van der Waals surface area contributed by atoms with Gasteiger partial charge in [0.25, 0.3) is 0 Å². The van der Waals surface area contributed by atoms with E-state index >= 15 is 0 Å². The first-order valence-corrected chi connectivity index (χ1v) is 8.83. The molecule has 1 aliphatic rings. The maximum Gasteiger partial charge on any atom is 0.0721 e. The van der Waals surface area contributed by atoms with Crippen LogP contribution in [0.4, 0.5) is 0 Å². The van der Waals surface area contributed by atoms with Crippen molar-refractivity contribution in [1.82, 2.24) is 0 Å². The van der Waals surface area contributed by atoms with Gasteiger partial charge in [-0.25, -0.2) is 0 Å². The molecule has 0 aromatic carbocycles. The Morgan fingerprint density at radius 2 is 1.90 bits per heavy atom. The fourth-order valence-corrected chi connectivity index (χ4v) is 3.75. The summed E-state index contributed by atoms with van der Waals surface area (Å²) in [5.74, 6) is 1.39. The Morgan fingerprint density at radius 1 is 1.20 bits per heavy atom. The lowest BCUT2D eigenvalue weighted by Crippen LogP contribution is -2.32. The van der Waals surface area contributed by atoms with Crippen LogP contribution < -0.4 is 0 Å². The zero-order valence-corrected chi connectivity index (χ0v) is 14.2. The van der Waals surface area contributed by atoms with Gasteiger partial charge in [-0.2, -0.15) is 0 Å². The fourth-order valence-electron chi connectivity index (χ4n) is 3.75. The summed E-state index contributed by atoms with van der Waals surface area (Å²) < 4.78 is 0. The molecule has 3 atom stereocenters. The SMILES string of the molecule is CCCCCCCC(O)C=CC1C(C)CCCC1(C)C. The summed E-state index contributed by atoms with van der Waals surface area (Å²) in [4.78, 5) is 0. The smallest absolute Gasteiger partial charge is 0.0721 e. The second kappa shape index (κ2) is 8.87. The van der Waals surface area contributed by atoms with Gasteiger partial charge in [0, 0.05) is 0 Å². The Morgan fingerprint density at radius 3 is 2.55 bits per heavy atom. The molecule has 0 amide bonds. The maximum absolute atomic E-state index is 10.1. The van der Waals surface area contributed by atoms with Gasteiger partial charge in [-0.05, 0) is 30.1 Å². The summed E-state index contributed by atoms with van der Waals surface area (Å²) >= 11 is 0. The summed E-state index contributed by atoms with van der Waals surface area (Å²) in [5.41, 5.74) is 0.398. The highest BCUT2D eigenvalue weighted by atomic mass is 16.3. The number of aliphatic hydroxyl groups excluding tert-OH is 1. The van der Waals surface area contributed by atoms with Gasteiger partial charge in [-0.15, -0.1) is 0 Å². The molecule has 20 heavy (non-hydrogen) atoms. The Hall–Kier alpha value is -0.300. The molecule has 0 aliphatic heterocycles. The summed E-state index contributed by atoms with van der Waals surface area (Å²) in [5, 5.41) is 10.1. The topological polar surface area (TPSA) is 20.2 Å². The number of allylic oxidation sites excluding steroid dienone is 1. The molecule has 1 nitrogen and oxygen atoms in total. The molecule has 0 radical (unpaired) electrons. The van der Waals surface area contributed by atoms with Crippen LogP contribution in [0.25, 0.3) is 0 Å². The highest BCUT2D eigenvalue weighted by Crippen LogP contribution is 2.44. The molecule has 1 rings (SSSR count). The predicted molar refractivity (Wildman–Crippen MR) is 88.8 cm³/mol. The summed E-state index contributed by atoms with van der Waals surface area (Å²) in [7, 11) is 0. The van der Waals surface area contributed by atoms with Crippen LogP contribution in [0, 0.1) is 17.3 Å². The van der Waals surface area contributed by atoms with Gasteiger partial charge < -0.3 is 5.11 Å². The first-order chi connectivity index (χ1) is 9.47. The summed E-state index contributed by atoms with van der Waals surface area (Å²) in [6, 6.07) is 0. The van der Waals surface area contributed by atoms with Crippen molar-refractivity contribution >= 4 is 0 Å². The zero-order valence-electron chi connectivity index (χ0n) is 14.2. The average molecular weight is 280 g/mol. The molecule has 0 aromatic rings. The van der Waals surface area contributed by atoms with Gasteiger partial charge in [0.15, 0.2) is 0 Å². The van der Waals surface area contributed by atoms with Crippen LogP contribution in [-0.2, 0) is 0 Å². The van der Waals surface area contributed by atoms with Crippen LogP contribution in [0.3, 0.4) is 0 Å². The van der Waals surface area contributed by atoms with E-state index in [1.54, 1.807) is 0 Å². The number of hydrogen-bond donors (Lipinski definition) is 1. The molecule has 1 saturated carbocycles. The standard InChI is InChI=1S/C19H36O/c1-5-6-7-8-9-12-17(20)13-14-18-16(2)11-10-15-19(18,3)4/h13-14,16-18,20H,5-12,15H2,1-4H3. The van der Waals surface area contributed by atoms with Gasteiger partial charge in [0.05, 0.1) is 6.10 Å². The van der Waals surface area contributed by atoms with E-state index in [0.717, 1.165) is 18.8 Å². The van der Waals surface area contributed by atoms with E-state index in [9.17, 15) is 5.11 Å². The van der Waals surface area contributed by atoms with Crippen molar-refractivity contribution < 1.29 is 5.11 Å². The normalized spacial score (nSPS) is 27.9. The van der Waals surface area contributed by atoms with E-state index in [1.165, 1.54) is 44.9 Å². The van der Waals surface area contributed by atoms with Crippen molar-refractivity contribution in [3.05, 3.63) is 12.2 Å². The second-order valence-corrected chi connectivity index (χ2v) is 7.54. The van der Waals surface area contributed by atoms with Crippen molar-refractivity contribution in [2.45, 2.75) is 91.6 Å². The van der Waals surface area contributed by atoms with Gasteiger partial charge >= 0.3 is 0 Å². The van der Waals surface area contributed by atoms with Crippen LogP contribution >= 0.6 is 0 Å². The van der Waals surface area contributed by atoms with Crippen molar-refractivity contribution in [2.24, 2.45) is 17.3 Å². The quantitative estimate of drug-likeness (QED) is 0.445. The van der Waals surface area contributed by atoms with E-state index in [1.807, 2.05) is 0 Å². The lowest BCUT2D eigenvalue weighted by molar-refractivity contribution is 0.120. The van der Waals surface area contributed by atoms with E-state index in [4.69, 9.17) is 0 Å². The zero-order chi connectivity index (χ0) is 15.0. The fraction of sp³-hybridized carbons (Fsp3) is 0.895. The molecule has 0 heterocycles. The molecule has 0 spiro atoms. The largest absolute Gasteiger partial charge is 0.389 e. The van der Waals surface area contributed by atoms with Crippen LogP contribution in [0.2, 0.25) is 0 Å². The third-order valence-corrected chi connectivity index (χ3v) is 5.14. The number of rotatable bonds is 8. The number of aliphatic hydroxyl groups is 1. The Labute approximate surface area is 126 Å². The Kier molecular flexibility index (Phi) is 7.87. The third-order valence-electron chi connectivity index (χ3n) is 5.14. The van der Waals surface area contributed by atoms with Gasteiger partial charge in [0.1, 0.15) is 0 Å². The van der Waals surface area contributed by atoms with Gasteiger partial charge in [-0.1, -0.05) is 84.8 Å². The van der Waals surface area contributed by atoms with Crippen molar-refractivity contribution in [3.8, 4) is 0 Å². The van der Waals surface area contributed by atoms with Crippen LogP contribution in [0.15, 0.2) is 12.2 Å². The Balaban J connectivity index is 2.33. The molecule has 1 heteroatoms. The van der Waals surface area contributed by atoms with Crippen molar-refractivity contribution in [3.63, 3.8) is 0 Å². The molecule has 0 aromatic heterocycles. The molecule has 118 valence electrons. The monoisotopic (exact) mass is 280 g/mol. The van der Waals surface area contributed by atoms with E-state index in [-0.39, 0.29) is 6.10 Å². The molecule has 0 saturated heterocycles. The maximum atomic E-state index is 10.1. The van der Waals surface area contributed by atoms with Gasteiger partial charge in [-0.3, -0.25) is 0 Å². The van der Waals surface area contributed by atoms with Crippen LogP contribution in [0.1, 0.15) is 85.5 Å².